The van der Waals surface area contributed by atoms with E-state index in [1.54, 1.807) is 0 Å². The smallest absolute Gasteiger partial charge is 0.298 e. The number of amides is 1. The second-order valence-electron chi connectivity index (χ2n) is 4.74. The minimum Gasteiger partial charge on any atom is -0.364 e. The molecule has 2 heterocycles. The molecule has 0 saturated heterocycles. The van der Waals surface area contributed by atoms with Gasteiger partial charge in [0.1, 0.15) is 5.71 Å². The molecule has 0 radical (unpaired) electrons. The van der Waals surface area contributed by atoms with Crippen molar-refractivity contribution in [1.29, 1.82) is 0 Å². The summed E-state index contributed by atoms with van der Waals surface area (Å²) in [5.74, 6) is -1.29. The summed E-state index contributed by atoms with van der Waals surface area (Å²) < 4.78 is 52.6. The Morgan fingerprint density at radius 2 is 2.00 bits per heavy atom. The molecule has 1 aliphatic rings. The van der Waals surface area contributed by atoms with E-state index in [4.69, 9.17) is 11.6 Å². The molecule has 1 unspecified atom stereocenters. The standard InChI is InChI=1S/C11H11ClF4N4O2/c1-4-6(12)7(18-19(4)2)9(21)20-11(22,10(15)16)3-5(17-20)8(13)14/h8,10,22H,3H2,1-2H3. The summed E-state index contributed by atoms with van der Waals surface area (Å²) >= 11 is 5.86. The van der Waals surface area contributed by atoms with Gasteiger partial charge in [0.15, 0.2) is 5.69 Å². The van der Waals surface area contributed by atoms with Gasteiger partial charge in [0.2, 0.25) is 5.72 Å². The molecule has 1 amide bonds. The topological polar surface area (TPSA) is 70.7 Å². The molecule has 0 bridgehead atoms. The second kappa shape index (κ2) is 5.51. The van der Waals surface area contributed by atoms with E-state index in [2.05, 4.69) is 10.2 Å². The molecule has 1 aliphatic heterocycles. The normalized spacial score (nSPS) is 21.9. The van der Waals surface area contributed by atoms with Crippen LogP contribution in [0.25, 0.3) is 0 Å². The van der Waals surface area contributed by atoms with Gasteiger partial charge in [0.25, 0.3) is 18.8 Å². The molecule has 2 rings (SSSR count). The zero-order chi connectivity index (χ0) is 16.8. The minimum atomic E-state index is -3.50. The predicted octanol–water partition coefficient (Wildman–Crippen LogP) is 1.80. The third-order valence-electron chi connectivity index (χ3n) is 3.29. The molecule has 1 N–H and O–H groups in total. The van der Waals surface area contributed by atoms with E-state index in [-0.39, 0.29) is 10.0 Å². The molecular formula is C11H11ClF4N4O2. The average molecular weight is 343 g/mol. The van der Waals surface area contributed by atoms with Crippen LogP contribution in [0, 0.1) is 6.92 Å². The Morgan fingerprint density at radius 3 is 2.41 bits per heavy atom. The molecule has 6 nitrogen and oxygen atoms in total. The molecule has 0 saturated carbocycles. The van der Waals surface area contributed by atoms with Gasteiger partial charge in [-0.15, -0.1) is 0 Å². The number of hydrogen-bond acceptors (Lipinski definition) is 4. The fraction of sp³-hybridized carbons (Fsp3) is 0.545. The maximum absolute atomic E-state index is 13.1. The first-order valence-electron chi connectivity index (χ1n) is 5.99. The number of carbonyl (C=O) groups is 1. The Bertz CT molecular complexity index is 648. The molecular weight excluding hydrogens is 332 g/mol. The Labute approximate surface area is 126 Å². The van der Waals surface area contributed by atoms with Crippen molar-refractivity contribution in [3.8, 4) is 0 Å². The van der Waals surface area contributed by atoms with Gasteiger partial charge < -0.3 is 5.11 Å². The van der Waals surface area contributed by atoms with Crippen LogP contribution in [-0.4, -0.2) is 50.1 Å². The summed E-state index contributed by atoms with van der Waals surface area (Å²) in [4.78, 5) is 12.2. The number of hydrogen-bond donors (Lipinski definition) is 1. The molecule has 0 aliphatic carbocycles. The molecule has 122 valence electrons. The Kier molecular flexibility index (Phi) is 4.18. The largest absolute Gasteiger partial charge is 0.364 e. The predicted molar refractivity (Wildman–Crippen MR) is 68.1 cm³/mol. The maximum Gasteiger partial charge on any atom is 0.298 e. The number of hydrazone groups is 1. The first kappa shape index (κ1) is 16.7. The second-order valence-corrected chi connectivity index (χ2v) is 5.11. The highest BCUT2D eigenvalue weighted by atomic mass is 35.5. The minimum absolute atomic E-state index is 0.0766. The van der Waals surface area contributed by atoms with Gasteiger partial charge in [0, 0.05) is 13.5 Å². The third-order valence-corrected chi connectivity index (χ3v) is 3.75. The highest BCUT2D eigenvalue weighted by molar-refractivity contribution is 6.34. The molecule has 1 aromatic heterocycles. The van der Waals surface area contributed by atoms with E-state index >= 15 is 0 Å². The van der Waals surface area contributed by atoms with Crippen molar-refractivity contribution < 1.29 is 27.5 Å². The van der Waals surface area contributed by atoms with Crippen molar-refractivity contribution in [3.05, 3.63) is 16.4 Å². The van der Waals surface area contributed by atoms with E-state index in [9.17, 15) is 27.5 Å². The first-order valence-corrected chi connectivity index (χ1v) is 6.37. The van der Waals surface area contributed by atoms with Crippen molar-refractivity contribution in [1.82, 2.24) is 14.8 Å². The monoisotopic (exact) mass is 342 g/mol. The number of aliphatic hydroxyl groups is 1. The van der Waals surface area contributed by atoms with Crippen LogP contribution in [0.4, 0.5) is 17.6 Å². The lowest BCUT2D eigenvalue weighted by molar-refractivity contribution is -0.164. The average Bonchev–Trinajstić information content (AvgIpc) is 2.92. The number of halogens is 5. The quantitative estimate of drug-likeness (QED) is 0.852. The van der Waals surface area contributed by atoms with Crippen molar-refractivity contribution in [2.24, 2.45) is 12.1 Å². The van der Waals surface area contributed by atoms with Gasteiger partial charge in [0.05, 0.1) is 10.7 Å². The van der Waals surface area contributed by atoms with Crippen LogP contribution < -0.4 is 0 Å². The van der Waals surface area contributed by atoms with Crippen LogP contribution in [0.3, 0.4) is 0 Å². The van der Waals surface area contributed by atoms with Gasteiger partial charge in [-0.3, -0.25) is 9.48 Å². The molecule has 0 fully saturated rings. The summed E-state index contributed by atoms with van der Waals surface area (Å²) in [7, 11) is 1.45. The Balaban J connectivity index is 2.47. The summed E-state index contributed by atoms with van der Waals surface area (Å²) in [6.07, 6.45) is -7.83. The fourth-order valence-electron chi connectivity index (χ4n) is 1.92. The molecule has 0 aromatic carbocycles. The lowest BCUT2D eigenvalue weighted by Gasteiger charge is -2.29. The van der Waals surface area contributed by atoms with Gasteiger partial charge in [-0.2, -0.15) is 15.2 Å². The van der Waals surface area contributed by atoms with Crippen molar-refractivity contribution in [2.75, 3.05) is 0 Å². The van der Waals surface area contributed by atoms with Crippen LogP contribution in [0.15, 0.2) is 5.10 Å². The lowest BCUT2D eigenvalue weighted by atomic mass is 10.1. The van der Waals surface area contributed by atoms with Crippen LogP contribution in [-0.2, 0) is 7.05 Å². The van der Waals surface area contributed by atoms with Gasteiger partial charge in [-0.25, -0.2) is 17.6 Å². The van der Waals surface area contributed by atoms with Crippen molar-refractivity contribution in [3.63, 3.8) is 0 Å². The van der Waals surface area contributed by atoms with Crippen LogP contribution >= 0.6 is 11.6 Å². The Morgan fingerprint density at radius 1 is 1.41 bits per heavy atom. The van der Waals surface area contributed by atoms with E-state index in [0.29, 0.717) is 5.69 Å². The number of nitrogens with zero attached hydrogens (tertiary/aromatic N) is 4. The maximum atomic E-state index is 13.1. The molecule has 0 spiro atoms. The molecule has 11 heteroatoms. The summed E-state index contributed by atoms with van der Waals surface area (Å²) in [6, 6.07) is 0. The van der Waals surface area contributed by atoms with Crippen molar-refractivity contribution >= 4 is 23.2 Å². The van der Waals surface area contributed by atoms with Gasteiger partial charge in [-0.1, -0.05) is 11.6 Å². The highest BCUT2D eigenvalue weighted by Gasteiger charge is 2.54. The van der Waals surface area contributed by atoms with E-state index < -0.39 is 42.3 Å². The first-order chi connectivity index (χ1) is 10.1. The van der Waals surface area contributed by atoms with Crippen LogP contribution in [0.5, 0.6) is 0 Å². The molecule has 22 heavy (non-hydrogen) atoms. The number of alkyl halides is 4. The van der Waals surface area contributed by atoms with Gasteiger partial charge >= 0.3 is 0 Å². The van der Waals surface area contributed by atoms with Gasteiger partial charge in [-0.05, 0) is 6.92 Å². The fourth-order valence-corrected chi connectivity index (χ4v) is 2.16. The number of carbonyl (C=O) groups excluding carboxylic acids is 1. The highest BCUT2D eigenvalue weighted by Crippen LogP contribution is 2.35. The third kappa shape index (κ3) is 2.45. The number of aryl methyl sites for hydroxylation is 1. The number of aromatic nitrogens is 2. The van der Waals surface area contributed by atoms with Crippen molar-refractivity contribution in [2.45, 2.75) is 31.9 Å². The van der Waals surface area contributed by atoms with E-state index in [1.807, 2.05) is 0 Å². The summed E-state index contributed by atoms with van der Waals surface area (Å²) in [6.45, 7) is 1.52. The SMILES string of the molecule is Cc1c(Cl)c(C(=O)N2N=C(C(F)F)CC2(O)C(F)F)nn1C. The Hall–Kier alpha value is -1.68. The molecule has 1 atom stereocenters. The lowest BCUT2D eigenvalue weighted by Crippen LogP contribution is -2.51. The zero-order valence-electron chi connectivity index (χ0n) is 11.4. The van der Waals surface area contributed by atoms with Crippen LogP contribution in [0.1, 0.15) is 22.6 Å². The van der Waals surface area contributed by atoms with Crippen LogP contribution in [0.2, 0.25) is 5.02 Å². The molecule has 1 aromatic rings. The summed E-state index contributed by atoms with van der Waals surface area (Å²) in [5, 5.41) is 16.5. The summed E-state index contributed by atoms with van der Waals surface area (Å²) in [5.41, 5.74) is -4.26. The van der Waals surface area contributed by atoms with E-state index in [0.717, 1.165) is 0 Å². The number of rotatable bonds is 3. The van der Waals surface area contributed by atoms with E-state index in [1.165, 1.54) is 18.7 Å². The zero-order valence-corrected chi connectivity index (χ0v) is 12.2.